The second kappa shape index (κ2) is 8.94. The summed E-state index contributed by atoms with van der Waals surface area (Å²) in [7, 11) is 0. The Morgan fingerprint density at radius 2 is 1.78 bits per heavy atom. The molecule has 7 nitrogen and oxygen atoms in total. The number of hydrogen-bond donors (Lipinski definition) is 0. The topological polar surface area (TPSA) is 69.4 Å². The highest BCUT2D eigenvalue weighted by Gasteiger charge is 2.43. The van der Waals surface area contributed by atoms with Crippen LogP contribution in [0.3, 0.4) is 0 Å². The predicted octanol–water partition coefficient (Wildman–Crippen LogP) is 2.72. The van der Waals surface area contributed by atoms with Gasteiger partial charge in [-0.25, -0.2) is 4.68 Å². The number of rotatable bonds is 5. The van der Waals surface area contributed by atoms with E-state index >= 15 is 0 Å². The molecule has 1 aromatic heterocycles. The second-order valence-corrected chi connectivity index (χ2v) is 9.90. The van der Waals surface area contributed by atoms with Crippen molar-refractivity contribution in [1.29, 1.82) is 0 Å². The molecule has 2 aliphatic heterocycles. The van der Waals surface area contributed by atoms with E-state index in [1.54, 1.807) is 4.57 Å². The molecule has 3 aliphatic rings. The average molecular weight is 439 g/mol. The van der Waals surface area contributed by atoms with E-state index in [0.717, 1.165) is 45.3 Å². The van der Waals surface area contributed by atoms with Gasteiger partial charge in [0.25, 0.3) is 0 Å². The van der Waals surface area contributed by atoms with Gasteiger partial charge in [-0.1, -0.05) is 50.5 Å². The fraction of sp³-hybridized carbons (Fsp3) is 0.640. The largest absolute Gasteiger partial charge is 0.364 e. The van der Waals surface area contributed by atoms with Gasteiger partial charge in [0.15, 0.2) is 5.82 Å². The summed E-state index contributed by atoms with van der Waals surface area (Å²) >= 11 is 0. The molecule has 1 aromatic carbocycles. The first kappa shape index (κ1) is 21.6. The molecule has 1 atom stereocenters. The van der Waals surface area contributed by atoms with Crippen molar-refractivity contribution in [3.8, 4) is 0 Å². The van der Waals surface area contributed by atoms with E-state index in [-0.39, 0.29) is 0 Å². The molecule has 5 rings (SSSR count). The average Bonchev–Trinajstić information content (AvgIpc) is 3.21. The van der Waals surface area contributed by atoms with Crippen molar-refractivity contribution in [3.63, 3.8) is 0 Å². The highest BCUT2D eigenvalue weighted by atomic mass is 16.5. The molecule has 32 heavy (non-hydrogen) atoms. The van der Waals surface area contributed by atoms with E-state index in [1.165, 1.54) is 35.1 Å². The Balaban J connectivity index is 1.29. The molecule has 2 aromatic rings. The highest BCUT2D eigenvalue weighted by molar-refractivity contribution is 5.22. The molecule has 1 aliphatic carbocycles. The molecular weight excluding hydrogens is 404 g/mol. The first-order valence-electron chi connectivity index (χ1n) is 12.2. The molecule has 1 saturated carbocycles. The highest BCUT2D eigenvalue weighted by Crippen LogP contribution is 2.32. The smallest absolute Gasteiger partial charge is 0.332 e. The van der Waals surface area contributed by atoms with Crippen molar-refractivity contribution in [2.24, 2.45) is 5.92 Å². The number of likely N-dealkylation sites (tertiary alicyclic amines) is 1. The van der Waals surface area contributed by atoms with E-state index in [0.29, 0.717) is 31.4 Å². The monoisotopic (exact) mass is 438 g/mol. The predicted molar refractivity (Wildman–Crippen MR) is 123 cm³/mol. The molecule has 172 valence electrons. The zero-order chi connectivity index (χ0) is 22.1. The lowest BCUT2D eigenvalue weighted by Crippen LogP contribution is -2.53. The number of fused-ring (bicyclic) bond motifs is 1. The van der Waals surface area contributed by atoms with Crippen LogP contribution in [0.2, 0.25) is 0 Å². The van der Waals surface area contributed by atoms with E-state index in [1.807, 2.05) is 0 Å². The van der Waals surface area contributed by atoms with Gasteiger partial charge in [-0.3, -0.25) is 19.1 Å². The standard InChI is InChI=1S/C25H34N4O3/c1-2-19-8-10-21(11-9-19)14-27-13-12-25(17-27)18-28-22(16-32-25)26-29(24(31)23(28)30)15-20-6-4-3-5-7-20/h8-11,20H,2-7,12-18H2,1H3/t25-/m1/s1. The Kier molecular flexibility index (Phi) is 6.03. The zero-order valence-electron chi connectivity index (χ0n) is 19.1. The summed E-state index contributed by atoms with van der Waals surface area (Å²) in [5, 5.41) is 4.55. The molecule has 0 bridgehead atoms. The molecule has 3 heterocycles. The van der Waals surface area contributed by atoms with Gasteiger partial charge < -0.3 is 4.74 Å². The lowest BCUT2D eigenvalue weighted by atomic mass is 9.89. The van der Waals surface area contributed by atoms with Crippen molar-refractivity contribution in [2.75, 3.05) is 13.1 Å². The van der Waals surface area contributed by atoms with Crippen LogP contribution in [0, 0.1) is 5.92 Å². The lowest BCUT2D eigenvalue weighted by Gasteiger charge is -2.35. The number of hydrogen-bond acceptors (Lipinski definition) is 5. The third kappa shape index (κ3) is 4.33. The van der Waals surface area contributed by atoms with Crippen LogP contribution in [-0.4, -0.2) is 37.9 Å². The Labute approximate surface area is 189 Å². The third-order valence-corrected chi connectivity index (χ3v) is 7.55. The fourth-order valence-electron chi connectivity index (χ4n) is 5.59. The van der Waals surface area contributed by atoms with Crippen LogP contribution in [0.4, 0.5) is 0 Å². The summed E-state index contributed by atoms with van der Waals surface area (Å²) in [6, 6.07) is 8.78. The molecule has 0 N–H and O–H groups in total. The van der Waals surface area contributed by atoms with Gasteiger partial charge in [-0.05, 0) is 42.7 Å². The van der Waals surface area contributed by atoms with Crippen LogP contribution in [0.15, 0.2) is 33.9 Å². The number of aromatic nitrogens is 3. The van der Waals surface area contributed by atoms with Crippen LogP contribution in [0.1, 0.15) is 62.4 Å². The lowest BCUT2D eigenvalue weighted by molar-refractivity contribution is -0.0860. The van der Waals surface area contributed by atoms with Crippen LogP contribution >= 0.6 is 0 Å². The zero-order valence-corrected chi connectivity index (χ0v) is 19.1. The first-order valence-corrected chi connectivity index (χ1v) is 12.2. The Morgan fingerprint density at radius 3 is 2.53 bits per heavy atom. The molecule has 0 amide bonds. The normalized spacial score (nSPS) is 24.2. The Morgan fingerprint density at radius 1 is 1.03 bits per heavy atom. The van der Waals surface area contributed by atoms with Crippen molar-refractivity contribution in [3.05, 3.63) is 61.9 Å². The molecule has 1 saturated heterocycles. The van der Waals surface area contributed by atoms with Gasteiger partial charge in [0.1, 0.15) is 12.2 Å². The van der Waals surface area contributed by atoms with E-state index in [9.17, 15) is 9.59 Å². The molecule has 7 heteroatoms. The van der Waals surface area contributed by atoms with Crippen molar-refractivity contribution < 1.29 is 4.74 Å². The number of benzene rings is 1. The summed E-state index contributed by atoms with van der Waals surface area (Å²) in [5.74, 6) is 1.03. The summed E-state index contributed by atoms with van der Waals surface area (Å²) < 4.78 is 9.31. The minimum absolute atomic E-state index is 0.291. The first-order chi connectivity index (χ1) is 15.5. The van der Waals surface area contributed by atoms with Gasteiger partial charge in [-0.2, -0.15) is 5.10 Å². The fourth-order valence-corrected chi connectivity index (χ4v) is 5.59. The van der Waals surface area contributed by atoms with Crippen LogP contribution in [-0.2, 0) is 37.4 Å². The van der Waals surface area contributed by atoms with Crippen molar-refractivity contribution in [1.82, 2.24) is 19.2 Å². The van der Waals surface area contributed by atoms with Crippen molar-refractivity contribution >= 4 is 0 Å². The van der Waals surface area contributed by atoms with Gasteiger partial charge in [0.2, 0.25) is 0 Å². The molecule has 0 radical (unpaired) electrons. The summed E-state index contributed by atoms with van der Waals surface area (Å²) in [4.78, 5) is 28.1. The third-order valence-electron chi connectivity index (χ3n) is 7.55. The molecular formula is C25H34N4O3. The molecule has 2 fully saturated rings. The van der Waals surface area contributed by atoms with E-state index in [4.69, 9.17) is 4.74 Å². The Bertz CT molecular complexity index is 1070. The van der Waals surface area contributed by atoms with Gasteiger partial charge >= 0.3 is 11.1 Å². The summed E-state index contributed by atoms with van der Waals surface area (Å²) in [5.41, 5.74) is 1.30. The van der Waals surface area contributed by atoms with Crippen molar-refractivity contribution in [2.45, 2.75) is 83.7 Å². The Hall–Kier alpha value is -2.25. The van der Waals surface area contributed by atoms with E-state index in [2.05, 4.69) is 41.2 Å². The van der Waals surface area contributed by atoms with Crippen LogP contribution in [0.5, 0.6) is 0 Å². The van der Waals surface area contributed by atoms with Gasteiger partial charge in [0.05, 0.1) is 6.54 Å². The van der Waals surface area contributed by atoms with Crippen LogP contribution in [0.25, 0.3) is 0 Å². The molecule has 1 spiro atoms. The number of ether oxygens (including phenoxy) is 1. The summed E-state index contributed by atoms with van der Waals surface area (Å²) in [6.45, 7) is 5.98. The number of nitrogens with zero attached hydrogens (tertiary/aromatic N) is 4. The number of aryl methyl sites for hydroxylation is 1. The van der Waals surface area contributed by atoms with Crippen LogP contribution < -0.4 is 11.1 Å². The maximum atomic E-state index is 13.0. The van der Waals surface area contributed by atoms with E-state index < -0.39 is 16.7 Å². The minimum Gasteiger partial charge on any atom is -0.364 e. The maximum absolute atomic E-state index is 13.0. The quantitative estimate of drug-likeness (QED) is 0.672. The van der Waals surface area contributed by atoms with Gasteiger partial charge in [-0.15, -0.1) is 0 Å². The maximum Gasteiger partial charge on any atom is 0.332 e. The minimum atomic E-state index is -0.484. The SMILES string of the molecule is CCc1ccc(CN2CC[C@@]3(C2)Cn2c(nn(CC4CCCCC4)c(=O)c2=O)CO3)cc1. The molecule has 0 unspecified atom stereocenters. The second-order valence-electron chi connectivity index (χ2n) is 9.90. The summed E-state index contributed by atoms with van der Waals surface area (Å²) in [6.07, 6.45) is 7.81. The van der Waals surface area contributed by atoms with Gasteiger partial charge in [0, 0.05) is 26.2 Å².